The van der Waals surface area contributed by atoms with E-state index in [1.807, 2.05) is 26.8 Å². The highest BCUT2D eigenvalue weighted by Crippen LogP contribution is 2.43. The minimum atomic E-state index is -1.10. The third-order valence-electron chi connectivity index (χ3n) is 5.30. The van der Waals surface area contributed by atoms with Gasteiger partial charge in [0, 0.05) is 20.4 Å². The molecule has 0 radical (unpaired) electrons. The predicted molar refractivity (Wildman–Crippen MR) is 146 cm³/mol. The van der Waals surface area contributed by atoms with Gasteiger partial charge >= 0.3 is 5.97 Å². The van der Waals surface area contributed by atoms with Gasteiger partial charge in [0.05, 0.1) is 28.2 Å². The Morgan fingerprint density at radius 3 is 2.54 bits per heavy atom. The Morgan fingerprint density at radius 1 is 1.20 bits per heavy atom. The number of carboxylic acids is 1. The van der Waals surface area contributed by atoms with E-state index in [1.54, 1.807) is 18.2 Å². The molecule has 3 rings (SSSR count). The summed E-state index contributed by atoms with van der Waals surface area (Å²) in [5.74, 6) is 0.0375. The fraction of sp³-hybridized carbons (Fsp3) is 0.333. The smallest absolute Gasteiger partial charge is 0.344 e. The summed E-state index contributed by atoms with van der Waals surface area (Å²) in [5.41, 5.74) is 0.918. The largest absolute Gasteiger partial charge is 0.490 e. The number of carboxylic acid groups (broad SMARTS) is 1. The molecule has 11 heteroatoms. The van der Waals surface area contributed by atoms with Gasteiger partial charge in [-0.15, -0.1) is 0 Å². The molecule has 0 fully saturated rings. The molecule has 0 unspecified atom stereocenters. The Bertz CT molecular complexity index is 1360. The maximum Gasteiger partial charge on any atom is 0.344 e. The van der Waals surface area contributed by atoms with Crippen LogP contribution < -0.4 is 15.0 Å². The molecule has 186 valence electrons. The van der Waals surface area contributed by atoms with Crippen LogP contribution in [0, 0.1) is 0 Å². The minimum Gasteiger partial charge on any atom is -0.490 e. The maximum atomic E-state index is 13.4. The van der Waals surface area contributed by atoms with Crippen LogP contribution in [0.25, 0.3) is 10.9 Å². The lowest BCUT2D eigenvalue weighted by molar-refractivity contribution is -0.144. The number of hydrogen-bond acceptors (Lipinski definition) is 6. The number of halogens is 3. The Morgan fingerprint density at radius 2 is 1.91 bits per heavy atom. The first-order valence-corrected chi connectivity index (χ1v) is 13.3. The quantitative estimate of drug-likeness (QED) is 0.267. The van der Waals surface area contributed by atoms with Crippen molar-refractivity contribution in [3.63, 3.8) is 0 Å². The fourth-order valence-electron chi connectivity index (χ4n) is 3.20. The van der Waals surface area contributed by atoms with Crippen LogP contribution in [-0.2, 0) is 4.79 Å². The Labute approximate surface area is 227 Å². The first kappa shape index (κ1) is 27.3. The van der Waals surface area contributed by atoms with Crippen LogP contribution in [0.15, 0.2) is 47.6 Å². The molecule has 0 aliphatic rings. The number of hydrogen-bond donors (Lipinski definition) is 1. The highest BCUT2D eigenvalue weighted by atomic mass is 79.9. The average Bonchev–Trinajstić information content (AvgIpc) is 2.83. The topological polar surface area (TPSA) is 103 Å². The third-order valence-corrected chi connectivity index (χ3v) is 7.93. The summed E-state index contributed by atoms with van der Waals surface area (Å²) >= 11 is 10.4. The van der Waals surface area contributed by atoms with Gasteiger partial charge in [-0.05, 0) is 76.4 Å². The lowest BCUT2D eigenvalue weighted by atomic mass is 10.1. The standard InChI is InChI=1S/C24H24Br3N3O5/c1-5-12(3)22-29-17-8-7-15(25)10-16(17)23(31)30(22)28-11-14-9-18(34-6-2)21(20(27)19(14)26)35-13(4)24(32)33/h7-13H,5-6H2,1-4H3,(H,32,33)/t12-,13+/m0/s1. The van der Waals surface area contributed by atoms with Gasteiger partial charge < -0.3 is 14.6 Å². The van der Waals surface area contributed by atoms with Gasteiger partial charge in [-0.2, -0.15) is 9.78 Å². The van der Waals surface area contributed by atoms with Gasteiger partial charge in [0.2, 0.25) is 0 Å². The van der Waals surface area contributed by atoms with E-state index in [-0.39, 0.29) is 17.2 Å². The van der Waals surface area contributed by atoms with Crippen molar-refractivity contribution in [3.05, 3.63) is 59.4 Å². The zero-order valence-electron chi connectivity index (χ0n) is 19.5. The Hall–Kier alpha value is -2.24. The number of benzene rings is 2. The molecule has 0 bridgehead atoms. The molecule has 2 atom stereocenters. The second-order valence-electron chi connectivity index (χ2n) is 7.75. The molecule has 0 spiro atoms. The average molecular weight is 674 g/mol. The second-order valence-corrected chi connectivity index (χ2v) is 10.3. The van der Waals surface area contributed by atoms with Gasteiger partial charge in [-0.25, -0.2) is 9.78 Å². The fourth-order valence-corrected chi connectivity index (χ4v) is 4.47. The molecule has 1 N–H and O–H groups in total. The molecule has 0 saturated heterocycles. The minimum absolute atomic E-state index is 0.00431. The van der Waals surface area contributed by atoms with Crippen molar-refractivity contribution in [2.45, 2.75) is 46.1 Å². The summed E-state index contributed by atoms with van der Waals surface area (Å²) in [4.78, 5) is 29.4. The van der Waals surface area contributed by atoms with E-state index in [9.17, 15) is 14.7 Å². The number of rotatable bonds is 9. The van der Waals surface area contributed by atoms with Gasteiger partial charge in [0.15, 0.2) is 17.6 Å². The van der Waals surface area contributed by atoms with Crippen molar-refractivity contribution in [2.75, 3.05) is 6.61 Å². The number of aromatic nitrogens is 2. The van der Waals surface area contributed by atoms with Gasteiger partial charge in [-0.1, -0.05) is 29.8 Å². The normalized spacial score (nSPS) is 13.2. The van der Waals surface area contributed by atoms with Crippen molar-refractivity contribution in [2.24, 2.45) is 5.10 Å². The van der Waals surface area contributed by atoms with Gasteiger partial charge in [-0.3, -0.25) is 4.79 Å². The molecule has 1 heterocycles. The first-order chi connectivity index (χ1) is 16.6. The highest BCUT2D eigenvalue weighted by Gasteiger charge is 2.22. The van der Waals surface area contributed by atoms with E-state index in [4.69, 9.17) is 14.5 Å². The molecule has 0 amide bonds. The number of nitrogens with zero attached hydrogens (tertiary/aromatic N) is 3. The summed E-state index contributed by atoms with van der Waals surface area (Å²) in [5, 5.41) is 14.2. The van der Waals surface area contributed by atoms with Crippen LogP contribution in [0.5, 0.6) is 11.5 Å². The van der Waals surface area contributed by atoms with E-state index in [0.29, 0.717) is 43.6 Å². The molecule has 0 aliphatic heterocycles. The van der Waals surface area contributed by atoms with Gasteiger partial charge in [0.1, 0.15) is 5.82 Å². The van der Waals surface area contributed by atoms with Crippen LogP contribution in [0.1, 0.15) is 51.4 Å². The summed E-state index contributed by atoms with van der Waals surface area (Å²) < 4.78 is 14.4. The SMILES string of the molecule is CCOc1cc(C=Nn2c([C@@H](C)CC)nc3ccc(Br)cc3c2=O)c(Br)c(Br)c1O[C@H](C)C(=O)O. The highest BCUT2D eigenvalue weighted by molar-refractivity contribution is 9.13. The first-order valence-electron chi connectivity index (χ1n) is 10.9. The lowest BCUT2D eigenvalue weighted by Gasteiger charge is -2.18. The van der Waals surface area contributed by atoms with Crippen LogP contribution >= 0.6 is 47.8 Å². The third kappa shape index (κ3) is 5.95. The van der Waals surface area contributed by atoms with Crippen molar-refractivity contribution < 1.29 is 19.4 Å². The summed E-state index contributed by atoms with van der Waals surface area (Å²) in [6, 6.07) is 7.05. The van der Waals surface area contributed by atoms with Crippen LogP contribution in [0.3, 0.4) is 0 Å². The van der Waals surface area contributed by atoms with E-state index in [2.05, 4.69) is 52.9 Å². The molecular weight excluding hydrogens is 650 g/mol. The second kappa shape index (κ2) is 11.7. The Balaban J connectivity index is 2.17. The van der Waals surface area contributed by atoms with E-state index >= 15 is 0 Å². The Kier molecular flexibility index (Phi) is 9.11. The molecule has 35 heavy (non-hydrogen) atoms. The number of ether oxygens (including phenoxy) is 2. The van der Waals surface area contributed by atoms with Crippen molar-refractivity contribution in [1.29, 1.82) is 0 Å². The zero-order chi connectivity index (χ0) is 25.9. The lowest BCUT2D eigenvalue weighted by Crippen LogP contribution is -2.24. The van der Waals surface area contributed by atoms with Crippen LogP contribution in [0.4, 0.5) is 0 Å². The molecule has 2 aromatic carbocycles. The van der Waals surface area contributed by atoms with Crippen molar-refractivity contribution in [3.8, 4) is 11.5 Å². The van der Waals surface area contributed by atoms with Crippen molar-refractivity contribution >= 4 is 70.9 Å². The van der Waals surface area contributed by atoms with Crippen molar-refractivity contribution in [1.82, 2.24) is 9.66 Å². The zero-order valence-corrected chi connectivity index (χ0v) is 24.3. The predicted octanol–water partition coefficient (Wildman–Crippen LogP) is 6.33. The molecule has 0 aliphatic carbocycles. The van der Waals surface area contributed by atoms with E-state index in [0.717, 1.165) is 10.9 Å². The maximum absolute atomic E-state index is 13.4. The molecule has 0 saturated carbocycles. The molecule has 3 aromatic rings. The van der Waals surface area contributed by atoms with Crippen LogP contribution in [0.2, 0.25) is 0 Å². The molecular formula is C24H24Br3N3O5. The summed E-state index contributed by atoms with van der Waals surface area (Å²) in [7, 11) is 0. The summed E-state index contributed by atoms with van der Waals surface area (Å²) in [6.45, 7) is 7.60. The molecule has 8 nitrogen and oxygen atoms in total. The summed E-state index contributed by atoms with van der Waals surface area (Å²) in [6.07, 6.45) is 1.22. The van der Waals surface area contributed by atoms with E-state index in [1.165, 1.54) is 17.8 Å². The van der Waals surface area contributed by atoms with Gasteiger partial charge in [0.25, 0.3) is 5.56 Å². The molecule has 1 aromatic heterocycles. The number of fused-ring (bicyclic) bond motifs is 1. The monoisotopic (exact) mass is 671 g/mol. The van der Waals surface area contributed by atoms with E-state index < -0.39 is 12.1 Å². The number of aliphatic carboxylic acids is 1. The number of carbonyl (C=O) groups is 1. The van der Waals surface area contributed by atoms with Crippen LogP contribution in [-0.4, -0.2) is 39.7 Å².